The zero-order valence-electron chi connectivity index (χ0n) is 9.88. The van der Waals surface area contributed by atoms with E-state index in [1.807, 2.05) is 0 Å². The highest BCUT2D eigenvalue weighted by molar-refractivity contribution is 7.90. The number of benzene rings is 1. The van der Waals surface area contributed by atoms with Gasteiger partial charge in [0.05, 0.1) is 14.1 Å². The molecular weight excluding hydrogens is 306 g/mol. The van der Waals surface area contributed by atoms with Crippen molar-refractivity contribution in [1.29, 1.82) is 0 Å². The van der Waals surface area contributed by atoms with Crippen LogP contribution in [0.1, 0.15) is 15.2 Å². The number of thiophene rings is 1. The van der Waals surface area contributed by atoms with Crippen molar-refractivity contribution in [2.75, 3.05) is 12.0 Å². The van der Waals surface area contributed by atoms with Crippen LogP contribution in [0.2, 0.25) is 4.34 Å². The fraction of sp³-hybridized carbons (Fsp3) is 0.0833. The second-order valence-corrected chi connectivity index (χ2v) is 7.73. The number of rotatable bonds is 3. The normalized spacial score (nSPS) is 11.5. The van der Waals surface area contributed by atoms with Crippen molar-refractivity contribution in [2.24, 2.45) is 0 Å². The molecule has 0 aliphatic carbocycles. The molecule has 0 amide bonds. The fourth-order valence-corrected chi connectivity index (χ4v) is 3.24. The van der Waals surface area contributed by atoms with E-state index in [-0.39, 0.29) is 21.9 Å². The van der Waals surface area contributed by atoms with Crippen LogP contribution in [-0.2, 0) is 9.84 Å². The highest BCUT2D eigenvalue weighted by Crippen LogP contribution is 2.25. The van der Waals surface area contributed by atoms with Gasteiger partial charge < -0.3 is 5.73 Å². The predicted octanol–water partition coefficient (Wildman–Crippen LogP) is 2.62. The number of carbonyl (C=O) groups is 1. The van der Waals surface area contributed by atoms with Crippen molar-refractivity contribution < 1.29 is 13.2 Å². The minimum atomic E-state index is -3.41. The van der Waals surface area contributed by atoms with Gasteiger partial charge in [0.1, 0.15) is 0 Å². The van der Waals surface area contributed by atoms with Gasteiger partial charge in [-0.15, -0.1) is 11.3 Å². The van der Waals surface area contributed by atoms with Crippen molar-refractivity contribution >= 4 is 44.2 Å². The molecule has 4 nitrogen and oxygen atoms in total. The fourth-order valence-electron chi connectivity index (χ4n) is 1.55. The summed E-state index contributed by atoms with van der Waals surface area (Å²) in [4.78, 5) is 12.7. The highest BCUT2D eigenvalue weighted by atomic mass is 35.5. The third-order valence-electron chi connectivity index (χ3n) is 2.42. The Morgan fingerprint density at radius 3 is 2.47 bits per heavy atom. The number of sulfone groups is 1. The van der Waals surface area contributed by atoms with Gasteiger partial charge in [0.25, 0.3) is 0 Å². The molecule has 0 fully saturated rings. The van der Waals surface area contributed by atoms with Gasteiger partial charge >= 0.3 is 0 Å². The Morgan fingerprint density at radius 2 is 1.95 bits per heavy atom. The summed E-state index contributed by atoms with van der Waals surface area (Å²) in [5, 5.41) is 0. The van der Waals surface area contributed by atoms with Crippen LogP contribution >= 0.6 is 22.9 Å². The van der Waals surface area contributed by atoms with Crippen LogP contribution in [-0.4, -0.2) is 20.5 Å². The van der Waals surface area contributed by atoms with Crippen LogP contribution in [0.4, 0.5) is 5.69 Å². The molecule has 100 valence electrons. The molecule has 2 aromatic rings. The van der Waals surface area contributed by atoms with Gasteiger partial charge in [-0.3, -0.25) is 4.79 Å². The van der Waals surface area contributed by atoms with Crippen molar-refractivity contribution in [1.82, 2.24) is 0 Å². The van der Waals surface area contributed by atoms with E-state index < -0.39 is 9.84 Å². The number of nitrogens with two attached hydrogens (primary N) is 1. The molecule has 2 N–H and O–H groups in total. The summed E-state index contributed by atoms with van der Waals surface area (Å²) in [6.45, 7) is 0. The molecule has 1 aromatic carbocycles. The highest BCUT2D eigenvalue weighted by Gasteiger charge is 2.16. The van der Waals surface area contributed by atoms with Crippen molar-refractivity contribution in [3.8, 4) is 0 Å². The Bertz CT molecular complexity index is 750. The van der Waals surface area contributed by atoms with Crippen molar-refractivity contribution in [3.63, 3.8) is 0 Å². The molecule has 0 aliphatic heterocycles. The molecule has 0 saturated carbocycles. The predicted molar refractivity (Wildman–Crippen MR) is 76.7 cm³/mol. The van der Waals surface area contributed by atoms with Gasteiger partial charge in [-0.2, -0.15) is 0 Å². The molecule has 2 rings (SSSR count). The monoisotopic (exact) mass is 315 g/mol. The van der Waals surface area contributed by atoms with Crippen LogP contribution in [0.5, 0.6) is 0 Å². The molecule has 0 bridgehead atoms. The van der Waals surface area contributed by atoms with Gasteiger partial charge in [0.2, 0.25) is 5.78 Å². The molecule has 0 unspecified atom stereocenters. The van der Waals surface area contributed by atoms with Crippen LogP contribution in [0.3, 0.4) is 0 Å². The van der Waals surface area contributed by atoms with E-state index in [2.05, 4.69) is 0 Å². The number of nitrogen functional groups attached to an aromatic ring is 1. The Morgan fingerprint density at radius 1 is 1.26 bits per heavy atom. The summed E-state index contributed by atoms with van der Waals surface area (Å²) in [5.41, 5.74) is 6.10. The number of halogens is 1. The lowest BCUT2D eigenvalue weighted by molar-refractivity contribution is 0.104. The Hall–Kier alpha value is -1.37. The third kappa shape index (κ3) is 3.15. The van der Waals surface area contributed by atoms with Crippen molar-refractivity contribution in [3.05, 3.63) is 45.1 Å². The van der Waals surface area contributed by atoms with E-state index >= 15 is 0 Å². The minimum absolute atomic E-state index is 0.0264. The number of hydrogen-bond donors (Lipinski definition) is 1. The van der Waals surface area contributed by atoms with E-state index in [9.17, 15) is 13.2 Å². The second kappa shape index (κ2) is 4.96. The lowest BCUT2D eigenvalue weighted by Gasteiger charge is -2.04. The van der Waals surface area contributed by atoms with Gasteiger partial charge in [-0.25, -0.2) is 8.42 Å². The summed E-state index contributed by atoms with van der Waals surface area (Å²) in [5.74, 6) is -0.297. The SMILES string of the molecule is CS(=O)(=O)c1cc(N)cc(C(=O)c2ccc(Cl)s2)c1. The average Bonchev–Trinajstić information content (AvgIpc) is 2.73. The summed E-state index contributed by atoms with van der Waals surface area (Å²) < 4.78 is 23.5. The van der Waals surface area contributed by atoms with E-state index in [0.29, 0.717) is 9.21 Å². The molecule has 0 aliphatic rings. The Balaban J connectivity index is 2.52. The Kier molecular flexibility index (Phi) is 3.66. The molecule has 0 atom stereocenters. The van der Waals surface area contributed by atoms with E-state index in [4.69, 9.17) is 17.3 Å². The smallest absolute Gasteiger partial charge is 0.203 e. The topological polar surface area (TPSA) is 77.2 Å². The minimum Gasteiger partial charge on any atom is -0.399 e. The number of anilines is 1. The summed E-state index contributed by atoms with van der Waals surface area (Å²) in [7, 11) is -3.41. The first-order chi connectivity index (χ1) is 8.77. The maximum atomic E-state index is 12.2. The quantitative estimate of drug-likeness (QED) is 0.697. The molecule has 0 radical (unpaired) electrons. The van der Waals surface area contributed by atoms with Gasteiger partial charge in [-0.05, 0) is 30.3 Å². The maximum absolute atomic E-state index is 12.2. The number of hydrogen-bond acceptors (Lipinski definition) is 5. The lowest BCUT2D eigenvalue weighted by Crippen LogP contribution is -2.04. The first-order valence-electron chi connectivity index (χ1n) is 5.18. The standard InChI is InChI=1S/C12H10ClNO3S2/c1-19(16,17)9-5-7(4-8(14)6-9)12(15)10-2-3-11(13)18-10/h2-6H,14H2,1H3. The van der Waals surface area contributed by atoms with Crippen LogP contribution < -0.4 is 5.73 Å². The molecule has 1 heterocycles. The molecule has 0 saturated heterocycles. The largest absolute Gasteiger partial charge is 0.399 e. The molecular formula is C12H10ClNO3S2. The molecule has 1 aromatic heterocycles. The van der Waals surface area contributed by atoms with E-state index in [1.165, 1.54) is 18.2 Å². The average molecular weight is 316 g/mol. The maximum Gasteiger partial charge on any atom is 0.203 e. The summed E-state index contributed by atoms with van der Waals surface area (Å²) >= 11 is 6.91. The van der Waals surface area contributed by atoms with Crippen LogP contribution in [0.25, 0.3) is 0 Å². The van der Waals surface area contributed by atoms with Crippen molar-refractivity contribution in [2.45, 2.75) is 4.90 Å². The van der Waals surface area contributed by atoms with Gasteiger partial charge in [0, 0.05) is 17.5 Å². The van der Waals surface area contributed by atoms with E-state index in [0.717, 1.165) is 17.6 Å². The number of ketones is 1. The van der Waals surface area contributed by atoms with Crippen LogP contribution in [0, 0.1) is 0 Å². The first-order valence-corrected chi connectivity index (χ1v) is 8.26. The third-order valence-corrected chi connectivity index (χ3v) is 4.74. The number of carbonyl (C=O) groups excluding carboxylic acids is 1. The van der Waals surface area contributed by atoms with E-state index in [1.54, 1.807) is 12.1 Å². The zero-order valence-corrected chi connectivity index (χ0v) is 12.3. The summed E-state index contributed by atoms with van der Waals surface area (Å²) in [6.07, 6.45) is 1.07. The molecule has 0 spiro atoms. The summed E-state index contributed by atoms with van der Waals surface area (Å²) in [6, 6.07) is 7.31. The molecule has 19 heavy (non-hydrogen) atoms. The van der Waals surface area contributed by atoms with Crippen LogP contribution in [0.15, 0.2) is 35.2 Å². The lowest BCUT2D eigenvalue weighted by atomic mass is 10.1. The first kappa shape index (κ1) is 14.0. The Labute approximate surface area is 119 Å². The second-order valence-electron chi connectivity index (χ2n) is 4.00. The zero-order chi connectivity index (χ0) is 14.2. The van der Waals surface area contributed by atoms with Gasteiger partial charge in [0.15, 0.2) is 9.84 Å². The molecule has 7 heteroatoms. The van der Waals surface area contributed by atoms with Gasteiger partial charge in [-0.1, -0.05) is 11.6 Å².